The van der Waals surface area contributed by atoms with Crippen LogP contribution in [0, 0.1) is 0 Å². The first-order valence-corrected chi connectivity index (χ1v) is 12.5. The van der Waals surface area contributed by atoms with Crippen LogP contribution in [0.2, 0.25) is 0 Å². The van der Waals surface area contributed by atoms with Crippen LogP contribution in [-0.4, -0.2) is 47.9 Å². The van der Waals surface area contributed by atoms with E-state index in [2.05, 4.69) is 5.32 Å². The standard InChI is InChI=1S/C30H35NO5/c1-22(32)17-26-29(35-19-24-13-7-3-8-14-24)30(36-20-25-15-9-4-10-16-25)28(31-26)27(33)21-34-18-23-11-5-2-6-12-23/h2-16,26-31,33H,17-21H2,1H3/t26?,27-,28+,29+,30+/m1/s1. The van der Waals surface area contributed by atoms with Gasteiger partial charge in [0.25, 0.3) is 0 Å². The third-order valence-corrected chi connectivity index (χ3v) is 6.37. The van der Waals surface area contributed by atoms with Gasteiger partial charge in [0.1, 0.15) is 18.0 Å². The van der Waals surface area contributed by atoms with Crippen LogP contribution >= 0.6 is 0 Å². The summed E-state index contributed by atoms with van der Waals surface area (Å²) >= 11 is 0. The molecular formula is C30H35NO5. The van der Waals surface area contributed by atoms with Crippen molar-refractivity contribution in [3.05, 3.63) is 108 Å². The molecule has 6 nitrogen and oxygen atoms in total. The van der Waals surface area contributed by atoms with E-state index in [9.17, 15) is 9.90 Å². The first kappa shape index (κ1) is 26.2. The van der Waals surface area contributed by atoms with Gasteiger partial charge in [0, 0.05) is 12.5 Å². The number of aliphatic hydroxyl groups excluding tert-OH is 1. The van der Waals surface area contributed by atoms with E-state index in [4.69, 9.17) is 14.2 Å². The van der Waals surface area contributed by atoms with Crippen LogP contribution in [0.4, 0.5) is 0 Å². The van der Waals surface area contributed by atoms with Crippen LogP contribution in [0.5, 0.6) is 0 Å². The molecule has 5 atom stereocenters. The van der Waals surface area contributed by atoms with Gasteiger partial charge in [-0.25, -0.2) is 0 Å². The number of rotatable bonds is 13. The molecule has 1 aliphatic heterocycles. The predicted octanol–water partition coefficient (Wildman–Crippen LogP) is 4.05. The molecule has 0 amide bonds. The van der Waals surface area contributed by atoms with Gasteiger partial charge in [0.15, 0.2) is 0 Å². The number of hydrogen-bond acceptors (Lipinski definition) is 6. The lowest BCUT2D eigenvalue weighted by Crippen LogP contribution is -2.47. The van der Waals surface area contributed by atoms with Gasteiger partial charge < -0.3 is 24.6 Å². The highest BCUT2D eigenvalue weighted by Gasteiger charge is 2.47. The molecule has 0 saturated carbocycles. The average Bonchev–Trinajstić information content (AvgIpc) is 3.24. The number of ether oxygens (including phenoxy) is 3. The van der Waals surface area contributed by atoms with E-state index in [1.807, 2.05) is 91.0 Å². The summed E-state index contributed by atoms with van der Waals surface area (Å²) < 4.78 is 18.6. The summed E-state index contributed by atoms with van der Waals surface area (Å²) in [7, 11) is 0. The fourth-order valence-electron chi connectivity index (χ4n) is 4.60. The highest BCUT2D eigenvalue weighted by atomic mass is 16.5. The Bertz CT molecular complexity index is 1050. The van der Waals surface area contributed by atoms with Crippen molar-refractivity contribution in [3.63, 3.8) is 0 Å². The fraction of sp³-hybridized carbons (Fsp3) is 0.367. The zero-order valence-electron chi connectivity index (χ0n) is 20.7. The zero-order valence-corrected chi connectivity index (χ0v) is 20.7. The summed E-state index contributed by atoms with van der Waals surface area (Å²) in [5.41, 5.74) is 3.11. The van der Waals surface area contributed by atoms with E-state index < -0.39 is 24.4 Å². The Morgan fingerprint density at radius 2 is 1.25 bits per heavy atom. The van der Waals surface area contributed by atoms with E-state index in [1.165, 1.54) is 0 Å². The number of nitrogens with one attached hydrogen (secondary N) is 1. The minimum absolute atomic E-state index is 0.0538. The maximum absolute atomic E-state index is 12.1. The molecule has 0 radical (unpaired) electrons. The molecule has 4 rings (SSSR count). The van der Waals surface area contributed by atoms with Gasteiger partial charge in [-0.2, -0.15) is 0 Å². The lowest BCUT2D eigenvalue weighted by Gasteiger charge is -2.28. The first-order chi connectivity index (χ1) is 17.6. The highest BCUT2D eigenvalue weighted by molar-refractivity contribution is 5.76. The second kappa shape index (κ2) is 13.4. The van der Waals surface area contributed by atoms with Crippen LogP contribution in [0.3, 0.4) is 0 Å². The third kappa shape index (κ3) is 7.56. The van der Waals surface area contributed by atoms with Crippen LogP contribution in [0.25, 0.3) is 0 Å². The van der Waals surface area contributed by atoms with E-state index in [0.29, 0.717) is 26.2 Å². The number of carbonyl (C=O) groups is 1. The van der Waals surface area contributed by atoms with Crippen molar-refractivity contribution >= 4 is 5.78 Å². The minimum atomic E-state index is -0.839. The molecular weight excluding hydrogens is 454 g/mol. The van der Waals surface area contributed by atoms with Crippen molar-refractivity contribution in [1.82, 2.24) is 5.32 Å². The Labute approximate surface area is 213 Å². The quantitative estimate of drug-likeness (QED) is 0.377. The Hall–Kier alpha value is -2.87. The SMILES string of the molecule is CC(=O)CC1N[C@@H]([C@H](O)COCc2ccccc2)[C@H](OCc2ccccc2)[C@H]1OCc1ccccc1. The monoisotopic (exact) mass is 489 g/mol. The molecule has 1 aliphatic rings. The summed E-state index contributed by atoms with van der Waals surface area (Å²) in [6, 6.07) is 29.0. The molecule has 1 fully saturated rings. The maximum Gasteiger partial charge on any atom is 0.131 e. The molecule has 6 heteroatoms. The Morgan fingerprint density at radius 3 is 1.75 bits per heavy atom. The van der Waals surface area contributed by atoms with E-state index >= 15 is 0 Å². The first-order valence-electron chi connectivity index (χ1n) is 12.5. The minimum Gasteiger partial charge on any atom is -0.389 e. The second-order valence-electron chi connectivity index (χ2n) is 9.30. The van der Waals surface area contributed by atoms with Crippen LogP contribution < -0.4 is 5.32 Å². The number of hydrogen-bond donors (Lipinski definition) is 2. The van der Waals surface area contributed by atoms with Crippen LogP contribution in [0.15, 0.2) is 91.0 Å². The lowest BCUT2D eigenvalue weighted by molar-refractivity contribution is -0.119. The van der Waals surface area contributed by atoms with Crippen LogP contribution in [0.1, 0.15) is 30.0 Å². The maximum atomic E-state index is 12.1. The molecule has 1 heterocycles. The zero-order chi connectivity index (χ0) is 25.2. The number of carbonyl (C=O) groups excluding carboxylic acids is 1. The van der Waals surface area contributed by atoms with Gasteiger partial charge in [0.05, 0.1) is 38.6 Å². The third-order valence-electron chi connectivity index (χ3n) is 6.37. The van der Waals surface area contributed by atoms with E-state index in [0.717, 1.165) is 16.7 Å². The summed E-state index contributed by atoms with van der Waals surface area (Å²) in [6.07, 6.45) is -1.42. The largest absolute Gasteiger partial charge is 0.389 e. The van der Waals surface area contributed by atoms with E-state index in [-0.39, 0.29) is 18.4 Å². The van der Waals surface area contributed by atoms with Gasteiger partial charge in [-0.05, 0) is 23.6 Å². The van der Waals surface area contributed by atoms with Crippen molar-refractivity contribution in [2.75, 3.05) is 6.61 Å². The van der Waals surface area contributed by atoms with Gasteiger partial charge in [-0.3, -0.25) is 4.79 Å². The number of benzene rings is 3. The van der Waals surface area contributed by atoms with Gasteiger partial charge in [-0.1, -0.05) is 91.0 Å². The van der Waals surface area contributed by atoms with Crippen molar-refractivity contribution in [2.45, 2.75) is 63.6 Å². The molecule has 2 N–H and O–H groups in total. The van der Waals surface area contributed by atoms with Crippen molar-refractivity contribution in [2.24, 2.45) is 0 Å². The molecule has 190 valence electrons. The Morgan fingerprint density at radius 1 is 0.778 bits per heavy atom. The van der Waals surface area contributed by atoms with Gasteiger partial charge in [-0.15, -0.1) is 0 Å². The summed E-state index contributed by atoms with van der Waals surface area (Å²) in [5, 5.41) is 14.6. The summed E-state index contributed by atoms with van der Waals surface area (Å²) in [4.78, 5) is 12.1. The summed E-state index contributed by atoms with van der Waals surface area (Å²) in [5.74, 6) is 0.0538. The Kier molecular flexibility index (Phi) is 9.78. The summed E-state index contributed by atoms with van der Waals surface area (Å²) in [6.45, 7) is 2.88. The van der Waals surface area contributed by atoms with Gasteiger partial charge in [0.2, 0.25) is 0 Å². The number of Topliss-reactive ketones (excluding diaryl/α,β-unsaturated/α-hetero) is 1. The molecule has 0 bridgehead atoms. The normalized spacial score (nSPS) is 22.4. The molecule has 1 unspecified atom stereocenters. The van der Waals surface area contributed by atoms with Crippen LogP contribution in [-0.2, 0) is 38.8 Å². The second-order valence-corrected chi connectivity index (χ2v) is 9.30. The topological polar surface area (TPSA) is 77.0 Å². The molecule has 0 aromatic heterocycles. The van der Waals surface area contributed by atoms with Crippen molar-refractivity contribution in [1.29, 1.82) is 0 Å². The molecule has 3 aromatic carbocycles. The molecule has 3 aromatic rings. The predicted molar refractivity (Wildman–Crippen MR) is 138 cm³/mol. The smallest absolute Gasteiger partial charge is 0.131 e. The van der Waals surface area contributed by atoms with Crippen molar-refractivity contribution in [3.8, 4) is 0 Å². The molecule has 1 saturated heterocycles. The highest BCUT2D eigenvalue weighted by Crippen LogP contribution is 2.28. The molecule has 0 spiro atoms. The lowest BCUT2D eigenvalue weighted by atomic mass is 10.0. The fourth-order valence-corrected chi connectivity index (χ4v) is 4.60. The average molecular weight is 490 g/mol. The number of ketones is 1. The van der Waals surface area contributed by atoms with E-state index in [1.54, 1.807) is 6.92 Å². The van der Waals surface area contributed by atoms with Gasteiger partial charge >= 0.3 is 0 Å². The Balaban J connectivity index is 1.48. The van der Waals surface area contributed by atoms with Crippen molar-refractivity contribution < 1.29 is 24.1 Å². The number of aliphatic hydroxyl groups is 1. The molecule has 0 aliphatic carbocycles. The molecule has 36 heavy (non-hydrogen) atoms.